The van der Waals surface area contributed by atoms with Crippen LogP contribution in [0.1, 0.15) is 19.4 Å². The van der Waals surface area contributed by atoms with Gasteiger partial charge in [-0.05, 0) is 0 Å². The summed E-state index contributed by atoms with van der Waals surface area (Å²) < 4.78 is 44.1. The summed E-state index contributed by atoms with van der Waals surface area (Å²) in [5.74, 6) is -0.350. The van der Waals surface area contributed by atoms with Gasteiger partial charge >= 0.3 is 163 Å². The molecule has 1 amide bonds. The molecule has 1 N–H and O–H groups in total. The van der Waals surface area contributed by atoms with Crippen molar-refractivity contribution >= 4 is 31.0 Å². The zero-order valence-corrected chi connectivity index (χ0v) is 17.1. The Morgan fingerprint density at radius 3 is 2.26 bits per heavy atom. The van der Waals surface area contributed by atoms with Crippen molar-refractivity contribution in [2.75, 3.05) is 11.9 Å². The van der Waals surface area contributed by atoms with E-state index in [9.17, 15) is 18.0 Å². The first-order valence-corrected chi connectivity index (χ1v) is 10.2. The first-order valence-electron chi connectivity index (χ1n) is 8.37. The molecule has 0 aliphatic heterocycles. The third kappa shape index (κ3) is 6.69. The monoisotopic (exact) mass is 445 g/mol. The van der Waals surface area contributed by atoms with Crippen LogP contribution in [0.5, 0.6) is 0 Å². The topological polar surface area (TPSA) is 38.3 Å². The number of carbonyl (C=O) groups is 1. The molecule has 1 atom stereocenters. The fourth-order valence-corrected chi connectivity index (χ4v) is 4.88. The fraction of sp³-hybridized carbons (Fsp3) is 0.350. The molecule has 2 aromatic carbocycles. The van der Waals surface area contributed by atoms with Gasteiger partial charge in [0.1, 0.15) is 0 Å². The number of aryl methyl sites for hydroxylation is 1. The van der Waals surface area contributed by atoms with Gasteiger partial charge in [-0.1, -0.05) is 0 Å². The molecule has 2 aromatic rings. The summed E-state index contributed by atoms with van der Waals surface area (Å²) in [5.41, 5.74) is 0.317. The van der Waals surface area contributed by atoms with Crippen molar-refractivity contribution in [1.82, 2.24) is 0 Å². The Kier molecular flexibility index (Phi) is 7.09. The summed E-state index contributed by atoms with van der Waals surface area (Å²) in [5, 5.41) is 2.80. The van der Waals surface area contributed by atoms with E-state index in [1.807, 2.05) is 37.3 Å². The van der Waals surface area contributed by atoms with Crippen LogP contribution < -0.4 is 9.78 Å². The van der Waals surface area contributed by atoms with Crippen LogP contribution in [0.4, 0.5) is 18.9 Å². The average Bonchev–Trinajstić information content (AvgIpc) is 2.59. The summed E-state index contributed by atoms with van der Waals surface area (Å²) in [6.07, 6.45) is -4.45. The van der Waals surface area contributed by atoms with E-state index in [4.69, 9.17) is 4.74 Å². The average molecular weight is 444 g/mol. The van der Waals surface area contributed by atoms with E-state index >= 15 is 0 Å². The van der Waals surface area contributed by atoms with Crippen LogP contribution in [0.2, 0.25) is 4.82 Å². The van der Waals surface area contributed by atoms with Crippen LogP contribution in [-0.4, -0.2) is 39.2 Å². The molecule has 0 aliphatic rings. The molecule has 3 nitrogen and oxygen atoms in total. The van der Waals surface area contributed by atoms with E-state index in [2.05, 4.69) is 5.32 Å². The van der Waals surface area contributed by atoms with Crippen LogP contribution in [0.3, 0.4) is 0 Å². The third-order valence-corrected chi connectivity index (χ3v) is 7.49. The van der Waals surface area contributed by atoms with Gasteiger partial charge in [0.15, 0.2) is 0 Å². The summed E-state index contributed by atoms with van der Waals surface area (Å²) in [6.45, 7) is 3.60. The van der Waals surface area contributed by atoms with Crippen molar-refractivity contribution in [2.24, 2.45) is 0 Å². The van der Waals surface area contributed by atoms with E-state index < -0.39 is 38.2 Å². The second-order valence-electron chi connectivity index (χ2n) is 6.63. The van der Waals surface area contributed by atoms with Gasteiger partial charge in [-0.15, -0.1) is 0 Å². The van der Waals surface area contributed by atoms with Crippen LogP contribution in [-0.2, 0) is 9.53 Å². The third-order valence-electron chi connectivity index (χ3n) is 3.86. The molecule has 146 valence electrons. The first kappa shape index (κ1) is 21.5. The zero-order chi connectivity index (χ0) is 20.1. The predicted octanol–water partition coefficient (Wildman–Crippen LogP) is 4.11. The van der Waals surface area contributed by atoms with Crippen molar-refractivity contribution in [2.45, 2.75) is 37.4 Å². The molecule has 0 aromatic heterocycles. The summed E-state index contributed by atoms with van der Waals surface area (Å²) >= 11 is -0.417. The molecule has 0 heterocycles. The summed E-state index contributed by atoms with van der Waals surface area (Å²) in [7, 11) is 0. The van der Waals surface area contributed by atoms with E-state index in [0.29, 0.717) is 5.69 Å². The Morgan fingerprint density at radius 2 is 1.67 bits per heavy atom. The summed E-state index contributed by atoms with van der Waals surface area (Å²) in [4.78, 5) is 12.2. The van der Waals surface area contributed by atoms with E-state index in [-0.39, 0.29) is 5.91 Å². The zero-order valence-electron chi connectivity index (χ0n) is 15.3. The Bertz CT molecular complexity index is 763. The Morgan fingerprint density at radius 1 is 1.07 bits per heavy atom. The van der Waals surface area contributed by atoms with Gasteiger partial charge in [0.05, 0.1) is 0 Å². The number of benzene rings is 2. The molecule has 0 fully saturated rings. The molecule has 0 bridgehead atoms. The molecule has 2 rings (SSSR count). The first-order chi connectivity index (χ1) is 12.6. The number of rotatable bonds is 7. The second-order valence-corrected chi connectivity index (χ2v) is 9.03. The SMILES string of the molecule is Cc1ccccc1[Se]C(C(=O)Nc1ccccc1)C(C)(C)OCC(F)(F)F. The number of nitrogens with one attached hydrogen (secondary N) is 1. The molecule has 7 heteroatoms. The van der Waals surface area contributed by atoms with E-state index in [0.717, 1.165) is 10.0 Å². The summed E-state index contributed by atoms with van der Waals surface area (Å²) in [6, 6.07) is 16.4. The number of para-hydroxylation sites is 1. The molecule has 0 saturated heterocycles. The normalized spacial score (nSPS) is 13.3. The van der Waals surface area contributed by atoms with Crippen LogP contribution in [0, 0.1) is 6.92 Å². The Hall–Kier alpha value is -1.82. The van der Waals surface area contributed by atoms with Gasteiger partial charge < -0.3 is 0 Å². The molecular formula is C20H22F3NO2Se. The predicted molar refractivity (Wildman–Crippen MR) is 101 cm³/mol. The van der Waals surface area contributed by atoms with Crippen molar-refractivity contribution in [3.05, 3.63) is 60.2 Å². The van der Waals surface area contributed by atoms with Crippen molar-refractivity contribution < 1.29 is 22.7 Å². The quantitative estimate of drug-likeness (QED) is 0.653. The van der Waals surface area contributed by atoms with Gasteiger partial charge in [0, 0.05) is 0 Å². The maximum atomic E-state index is 12.9. The molecule has 0 spiro atoms. The van der Waals surface area contributed by atoms with Gasteiger partial charge in [-0.2, -0.15) is 0 Å². The van der Waals surface area contributed by atoms with E-state index in [1.165, 1.54) is 13.8 Å². The van der Waals surface area contributed by atoms with Gasteiger partial charge in [-0.3, -0.25) is 0 Å². The minimum absolute atomic E-state index is 0.350. The number of carbonyl (C=O) groups excluding carboxylic acids is 1. The minimum atomic E-state index is -4.45. The van der Waals surface area contributed by atoms with E-state index in [1.54, 1.807) is 24.3 Å². The van der Waals surface area contributed by atoms with Gasteiger partial charge in [-0.25, -0.2) is 0 Å². The Labute approximate surface area is 163 Å². The second kappa shape index (κ2) is 8.91. The number of halogens is 3. The fourth-order valence-electron chi connectivity index (χ4n) is 2.40. The molecular weight excluding hydrogens is 422 g/mol. The maximum absolute atomic E-state index is 12.9. The molecule has 27 heavy (non-hydrogen) atoms. The van der Waals surface area contributed by atoms with Crippen LogP contribution >= 0.6 is 0 Å². The number of hydrogen-bond acceptors (Lipinski definition) is 2. The number of anilines is 1. The molecule has 0 saturated carbocycles. The van der Waals surface area contributed by atoms with Gasteiger partial charge in [0.25, 0.3) is 0 Å². The van der Waals surface area contributed by atoms with Crippen LogP contribution in [0.25, 0.3) is 0 Å². The standard InChI is InChI=1S/C20H22F3NO2Se/c1-14-9-7-8-12-16(14)27-17(19(2,3)26-13-20(21,22)23)18(25)24-15-10-5-4-6-11-15/h4-12,17H,13H2,1-3H3,(H,24,25). The number of ether oxygens (including phenoxy) is 1. The van der Waals surface area contributed by atoms with Crippen molar-refractivity contribution in [1.29, 1.82) is 0 Å². The number of amides is 1. The number of hydrogen-bond donors (Lipinski definition) is 1. The van der Waals surface area contributed by atoms with Gasteiger partial charge in [0.2, 0.25) is 0 Å². The molecule has 0 aliphatic carbocycles. The molecule has 1 unspecified atom stereocenters. The van der Waals surface area contributed by atoms with Crippen LogP contribution in [0.15, 0.2) is 54.6 Å². The van der Waals surface area contributed by atoms with Crippen molar-refractivity contribution in [3.8, 4) is 0 Å². The van der Waals surface area contributed by atoms with Crippen molar-refractivity contribution in [3.63, 3.8) is 0 Å². The molecule has 0 radical (unpaired) electrons. The Balaban J connectivity index is 2.26. The number of alkyl halides is 3.